The number of nitrogens with one attached hydrogen (secondary N) is 2. The highest BCUT2D eigenvalue weighted by molar-refractivity contribution is 7.80. The van der Waals surface area contributed by atoms with Crippen molar-refractivity contribution in [3.05, 3.63) is 52.9 Å². The largest absolute Gasteiger partial charge is 0.468 e. The van der Waals surface area contributed by atoms with Crippen LogP contribution in [0.3, 0.4) is 0 Å². The van der Waals surface area contributed by atoms with Crippen LogP contribution in [-0.4, -0.2) is 29.6 Å². The third-order valence-electron chi connectivity index (χ3n) is 4.67. The Kier molecular flexibility index (Phi) is 6.34. The maximum atomic E-state index is 6.17. The van der Waals surface area contributed by atoms with Crippen molar-refractivity contribution in [2.75, 3.05) is 25.0 Å². The van der Waals surface area contributed by atoms with Crippen LogP contribution in [0.25, 0.3) is 0 Å². The minimum absolute atomic E-state index is 0.190. The van der Waals surface area contributed by atoms with Crippen LogP contribution in [0, 0.1) is 6.92 Å². The second-order valence-electron chi connectivity index (χ2n) is 6.38. The van der Waals surface area contributed by atoms with E-state index in [2.05, 4.69) is 15.5 Å². The number of halogens is 1. The molecule has 25 heavy (non-hydrogen) atoms. The second kappa shape index (κ2) is 8.70. The first kappa shape index (κ1) is 18.2. The highest BCUT2D eigenvalue weighted by atomic mass is 35.5. The molecule has 1 saturated heterocycles. The summed E-state index contributed by atoms with van der Waals surface area (Å²) < 4.78 is 5.67. The van der Waals surface area contributed by atoms with Gasteiger partial charge in [-0.2, -0.15) is 0 Å². The highest BCUT2D eigenvalue weighted by Gasteiger charge is 2.24. The van der Waals surface area contributed by atoms with E-state index in [1.54, 1.807) is 6.26 Å². The van der Waals surface area contributed by atoms with Crippen molar-refractivity contribution in [2.24, 2.45) is 0 Å². The lowest BCUT2D eigenvalue weighted by molar-refractivity contribution is 0.146. The van der Waals surface area contributed by atoms with Crippen LogP contribution in [-0.2, 0) is 0 Å². The van der Waals surface area contributed by atoms with Gasteiger partial charge in [-0.05, 0) is 74.9 Å². The van der Waals surface area contributed by atoms with Gasteiger partial charge in [-0.3, -0.25) is 4.90 Å². The minimum atomic E-state index is 0.190. The molecule has 1 aliphatic rings. The van der Waals surface area contributed by atoms with E-state index in [1.165, 1.54) is 19.3 Å². The summed E-state index contributed by atoms with van der Waals surface area (Å²) in [5, 5.41) is 7.91. The fourth-order valence-corrected chi connectivity index (χ4v) is 3.59. The Hall–Kier alpha value is -1.56. The average molecular weight is 378 g/mol. The normalized spacial score (nSPS) is 16.4. The van der Waals surface area contributed by atoms with Gasteiger partial charge in [0.2, 0.25) is 0 Å². The van der Waals surface area contributed by atoms with Crippen molar-refractivity contribution < 1.29 is 4.42 Å². The molecule has 1 aromatic heterocycles. The second-order valence-corrected chi connectivity index (χ2v) is 7.19. The quantitative estimate of drug-likeness (QED) is 0.735. The van der Waals surface area contributed by atoms with E-state index >= 15 is 0 Å². The van der Waals surface area contributed by atoms with Gasteiger partial charge in [-0.1, -0.05) is 24.1 Å². The van der Waals surface area contributed by atoms with Gasteiger partial charge < -0.3 is 15.1 Å². The number of hydrogen-bond donors (Lipinski definition) is 2. The fourth-order valence-electron chi connectivity index (χ4n) is 3.22. The van der Waals surface area contributed by atoms with Crippen LogP contribution in [0.5, 0.6) is 0 Å². The molecule has 0 aliphatic carbocycles. The van der Waals surface area contributed by atoms with Gasteiger partial charge >= 0.3 is 0 Å². The van der Waals surface area contributed by atoms with Crippen molar-refractivity contribution in [1.29, 1.82) is 0 Å². The molecule has 2 heterocycles. The molecule has 0 amide bonds. The molecule has 1 atom stereocenters. The SMILES string of the molecule is Cc1c(Cl)cccc1NC(=S)NC[C@H](c1ccco1)N1CCCCC1. The van der Waals surface area contributed by atoms with Crippen LogP contribution in [0.1, 0.15) is 36.6 Å². The lowest BCUT2D eigenvalue weighted by Gasteiger charge is -2.33. The molecule has 3 rings (SSSR count). The van der Waals surface area contributed by atoms with Gasteiger partial charge in [0.05, 0.1) is 12.3 Å². The number of rotatable bonds is 5. The van der Waals surface area contributed by atoms with E-state index in [9.17, 15) is 0 Å². The molecule has 0 spiro atoms. The molecule has 134 valence electrons. The van der Waals surface area contributed by atoms with Gasteiger partial charge in [-0.25, -0.2) is 0 Å². The Morgan fingerprint density at radius 2 is 2.04 bits per heavy atom. The molecule has 2 N–H and O–H groups in total. The summed E-state index contributed by atoms with van der Waals surface area (Å²) in [6.07, 6.45) is 5.52. The maximum Gasteiger partial charge on any atom is 0.170 e. The fraction of sp³-hybridized carbons (Fsp3) is 0.421. The predicted octanol–water partition coefficient (Wildman–Crippen LogP) is 4.76. The highest BCUT2D eigenvalue weighted by Crippen LogP contribution is 2.25. The Balaban J connectivity index is 1.62. The first-order valence-electron chi connectivity index (χ1n) is 8.72. The first-order valence-corrected chi connectivity index (χ1v) is 9.51. The Labute approximate surface area is 159 Å². The summed E-state index contributed by atoms with van der Waals surface area (Å²) in [6, 6.07) is 9.94. The number of benzene rings is 1. The summed E-state index contributed by atoms with van der Waals surface area (Å²) >= 11 is 11.6. The zero-order chi connectivity index (χ0) is 17.6. The van der Waals surface area contributed by atoms with Crippen molar-refractivity contribution in [3.8, 4) is 0 Å². The molecule has 4 nitrogen and oxygen atoms in total. The third-order valence-corrected chi connectivity index (χ3v) is 5.33. The molecule has 1 fully saturated rings. The monoisotopic (exact) mass is 377 g/mol. The lowest BCUT2D eigenvalue weighted by Crippen LogP contribution is -2.41. The van der Waals surface area contributed by atoms with Gasteiger partial charge in [0.25, 0.3) is 0 Å². The van der Waals surface area contributed by atoms with Crippen LogP contribution < -0.4 is 10.6 Å². The molecule has 6 heteroatoms. The van der Waals surface area contributed by atoms with E-state index in [1.807, 2.05) is 37.3 Å². The number of piperidine rings is 1. The number of nitrogens with zero attached hydrogens (tertiary/aromatic N) is 1. The van der Waals surface area contributed by atoms with E-state index in [0.717, 1.165) is 35.1 Å². The van der Waals surface area contributed by atoms with Gasteiger partial charge in [-0.15, -0.1) is 0 Å². The van der Waals surface area contributed by atoms with Crippen LogP contribution in [0.2, 0.25) is 5.02 Å². The zero-order valence-electron chi connectivity index (χ0n) is 14.4. The first-order chi connectivity index (χ1) is 12.1. The maximum absolute atomic E-state index is 6.17. The van der Waals surface area contributed by atoms with E-state index in [0.29, 0.717) is 11.7 Å². The summed E-state index contributed by atoms with van der Waals surface area (Å²) in [4.78, 5) is 2.47. The molecule has 1 aromatic carbocycles. The topological polar surface area (TPSA) is 40.4 Å². The van der Waals surface area contributed by atoms with E-state index in [-0.39, 0.29) is 6.04 Å². The molecular formula is C19H24ClN3OS. The molecule has 0 bridgehead atoms. The number of thiocarbonyl (C=S) groups is 1. The minimum Gasteiger partial charge on any atom is -0.468 e. The van der Waals surface area contributed by atoms with E-state index in [4.69, 9.17) is 28.2 Å². The summed E-state index contributed by atoms with van der Waals surface area (Å²) in [7, 11) is 0. The lowest BCUT2D eigenvalue weighted by atomic mass is 10.1. The molecule has 0 saturated carbocycles. The van der Waals surface area contributed by atoms with E-state index < -0.39 is 0 Å². The predicted molar refractivity (Wildman–Crippen MR) is 107 cm³/mol. The smallest absolute Gasteiger partial charge is 0.170 e. The standard InChI is InChI=1S/C19H24ClN3OS/c1-14-15(20)7-5-8-16(14)22-19(25)21-13-17(18-9-6-12-24-18)23-10-3-2-4-11-23/h5-9,12,17H,2-4,10-11,13H2,1H3,(H2,21,22,25)/t17-/m1/s1. The number of hydrogen-bond acceptors (Lipinski definition) is 3. The Bertz CT molecular complexity index is 699. The number of likely N-dealkylation sites (tertiary alicyclic amines) is 1. The van der Waals surface area contributed by atoms with Gasteiger partial charge in [0.15, 0.2) is 5.11 Å². The molecule has 2 aromatic rings. The van der Waals surface area contributed by atoms with Gasteiger partial charge in [0, 0.05) is 17.3 Å². The summed E-state index contributed by atoms with van der Waals surface area (Å²) in [5.74, 6) is 0.983. The van der Waals surface area contributed by atoms with Crippen molar-refractivity contribution in [1.82, 2.24) is 10.2 Å². The zero-order valence-corrected chi connectivity index (χ0v) is 16.0. The van der Waals surface area contributed by atoms with Gasteiger partial charge in [0.1, 0.15) is 5.76 Å². The van der Waals surface area contributed by atoms with Crippen molar-refractivity contribution >= 4 is 34.6 Å². The number of anilines is 1. The third kappa shape index (κ3) is 4.75. The van der Waals surface area contributed by atoms with Crippen LogP contribution in [0.4, 0.5) is 5.69 Å². The average Bonchev–Trinajstić information content (AvgIpc) is 3.14. The number of furan rings is 1. The van der Waals surface area contributed by atoms with Crippen molar-refractivity contribution in [2.45, 2.75) is 32.2 Å². The van der Waals surface area contributed by atoms with Crippen LogP contribution >= 0.6 is 23.8 Å². The molecule has 1 aliphatic heterocycles. The summed E-state index contributed by atoms with van der Waals surface area (Å²) in [5.41, 5.74) is 1.92. The van der Waals surface area contributed by atoms with Crippen molar-refractivity contribution in [3.63, 3.8) is 0 Å². The molecule has 0 unspecified atom stereocenters. The molecular weight excluding hydrogens is 354 g/mol. The Morgan fingerprint density at radius 1 is 1.24 bits per heavy atom. The van der Waals surface area contributed by atoms with Crippen LogP contribution in [0.15, 0.2) is 41.0 Å². The molecule has 0 radical (unpaired) electrons. The summed E-state index contributed by atoms with van der Waals surface area (Å²) in [6.45, 7) is 4.88. The Morgan fingerprint density at radius 3 is 2.76 bits per heavy atom.